The van der Waals surface area contributed by atoms with Gasteiger partial charge < -0.3 is 15.2 Å². The Morgan fingerprint density at radius 3 is 2.57 bits per heavy atom. The van der Waals surface area contributed by atoms with Crippen molar-refractivity contribution in [1.29, 1.82) is 0 Å². The van der Waals surface area contributed by atoms with Crippen molar-refractivity contribution in [2.24, 2.45) is 0 Å². The number of ether oxygens (including phenoxy) is 1. The molecule has 4 nitrogen and oxygen atoms in total. The fourth-order valence-electron chi connectivity index (χ4n) is 2.10. The minimum absolute atomic E-state index is 0.151. The second-order valence-electron chi connectivity index (χ2n) is 4.62. The average Bonchev–Trinajstić information content (AvgIpc) is 2.46. The highest BCUT2D eigenvalue weighted by atomic mass is 19.1. The largest absolute Gasteiger partial charge is 0.496 e. The molecule has 0 aromatic heterocycles. The van der Waals surface area contributed by atoms with Crippen molar-refractivity contribution in [3.63, 3.8) is 0 Å². The summed E-state index contributed by atoms with van der Waals surface area (Å²) < 4.78 is 18.8. The molecule has 2 aromatic rings. The van der Waals surface area contributed by atoms with E-state index in [2.05, 4.69) is 5.32 Å². The first-order valence-corrected chi connectivity index (χ1v) is 6.41. The van der Waals surface area contributed by atoms with Crippen LogP contribution in [0.2, 0.25) is 0 Å². The number of hydrogen-bond donors (Lipinski definition) is 2. The quantitative estimate of drug-likeness (QED) is 0.886. The summed E-state index contributed by atoms with van der Waals surface area (Å²) in [6.07, 6.45) is 0. The van der Waals surface area contributed by atoms with Gasteiger partial charge in [0.15, 0.2) is 6.04 Å². The van der Waals surface area contributed by atoms with E-state index in [-0.39, 0.29) is 5.69 Å². The van der Waals surface area contributed by atoms with Crippen LogP contribution >= 0.6 is 0 Å². The molecule has 2 aromatic carbocycles. The third-order valence-corrected chi connectivity index (χ3v) is 3.17. The molecule has 0 radical (unpaired) electrons. The van der Waals surface area contributed by atoms with Gasteiger partial charge in [0.05, 0.1) is 12.8 Å². The van der Waals surface area contributed by atoms with Crippen LogP contribution in [0.4, 0.5) is 10.1 Å². The average molecular weight is 289 g/mol. The Balaban J connectivity index is 2.34. The molecule has 0 fully saturated rings. The Hall–Kier alpha value is -2.56. The molecule has 0 saturated heterocycles. The van der Waals surface area contributed by atoms with Gasteiger partial charge in [-0.05, 0) is 42.3 Å². The first-order valence-electron chi connectivity index (χ1n) is 6.41. The molecule has 21 heavy (non-hydrogen) atoms. The van der Waals surface area contributed by atoms with Gasteiger partial charge in [-0.15, -0.1) is 0 Å². The Labute approximate surface area is 122 Å². The molecule has 2 N–H and O–H groups in total. The molecule has 110 valence electrons. The summed E-state index contributed by atoms with van der Waals surface area (Å²) >= 11 is 0. The highest BCUT2D eigenvalue weighted by Gasteiger charge is 2.21. The van der Waals surface area contributed by atoms with E-state index in [0.717, 1.165) is 5.56 Å². The zero-order valence-electron chi connectivity index (χ0n) is 11.8. The lowest BCUT2D eigenvalue weighted by Crippen LogP contribution is -2.21. The van der Waals surface area contributed by atoms with E-state index in [4.69, 9.17) is 4.74 Å². The van der Waals surface area contributed by atoms with Crippen LogP contribution in [0.3, 0.4) is 0 Å². The van der Waals surface area contributed by atoms with Crippen molar-refractivity contribution in [3.8, 4) is 5.75 Å². The van der Waals surface area contributed by atoms with Gasteiger partial charge in [0.2, 0.25) is 0 Å². The number of methoxy groups -OCH3 is 1. The highest BCUT2D eigenvalue weighted by molar-refractivity contribution is 5.79. The van der Waals surface area contributed by atoms with Crippen LogP contribution < -0.4 is 10.1 Å². The summed E-state index contributed by atoms with van der Waals surface area (Å²) in [5.74, 6) is -0.898. The molecule has 0 aliphatic carbocycles. The van der Waals surface area contributed by atoms with Crippen LogP contribution in [0.25, 0.3) is 0 Å². The standard InChI is InChI=1S/C16H16FNO3/c1-10-9-11(7-8-14(10)21-2)15(16(19)20)18-13-6-4-3-5-12(13)17/h3-9,15,18H,1-2H3,(H,19,20). The number of nitrogens with one attached hydrogen (secondary N) is 1. The number of carboxylic acid groups (broad SMARTS) is 1. The lowest BCUT2D eigenvalue weighted by Gasteiger charge is -2.18. The Morgan fingerprint density at radius 1 is 1.29 bits per heavy atom. The number of benzene rings is 2. The number of para-hydroxylation sites is 1. The summed E-state index contributed by atoms with van der Waals surface area (Å²) in [5.41, 5.74) is 1.50. The van der Waals surface area contributed by atoms with Crippen LogP contribution in [-0.2, 0) is 4.79 Å². The van der Waals surface area contributed by atoms with Gasteiger partial charge in [0.25, 0.3) is 0 Å². The predicted octanol–water partition coefficient (Wildman–Crippen LogP) is 3.38. The molecule has 5 heteroatoms. The predicted molar refractivity (Wildman–Crippen MR) is 78.1 cm³/mol. The van der Waals surface area contributed by atoms with Gasteiger partial charge in [-0.3, -0.25) is 0 Å². The lowest BCUT2D eigenvalue weighted by molar-refractivity contribution is -0.138. The molecule has 2 rings (SSSR count). The lowest BCUT2D eigenvalue weighted by atomic mass is 10.0. The topological polar surface area (TPSA) is 58.6 Å². The van der Waals surface area contributed by atoms with Crippen molar-refractivity contribution in [2.45, 2.75) is 13.0 Å². The molecule has 0 heterocycles. The highest BCUT2D eigenvalue weighted by Crippen LogP contribution is 2.26. The van der Waals surface area contributed by atoms with Crippen LogP contribution in [0.5, 0.6) is 5.75 Å². The van der Waals surface area contributed by atoms with Crippen LogP contribution in [0, 0.1) is 12.7 Å². The van der Waals surface area contributed by atoms with E-state index in [0.29, 0.717) is 11.3 Å². The number of carbonyl (C=O) groups is 1. The van der Waals surface area contributed by atoms with Gasteiger partial charge in [-0.2, -0.15) is 0 Å². The summed E-state index contributed by atoms with van der Waals surface area (Å²) in [6, 6.07) is 10.00. The van der Waals surface area contributed by atoms with Crippen molar-refractivity contribution < 1.29 is 19.0 Å². The second-order valence-corrected chi connectivity index (χ2v) is 4.62. The first kappa shape index (κ1) is 14.8. The molecular weight excluding hydrogens is 273 g/mol. The van der Waals surface area contributed by atoms with Gasteiger partial charge in [0, 0.05) is 0 Å². The van der Waals surface area contributed by atoms with Crippen molar-refractivity contribution >= 4 is 11.7 Å². The molecule has 1 unspecified atom stereocenters. The van der Waals surface area contributed by atoms with E-state index < -0.39 is 17.8 Å². The van der Waals surface area contributed by atoms with E-state index in [1.54, 1.807) is 37.4 Å². The summed E-state index contributed by atoms with van der Waals surface area (Å²) in [6.45, 7) is 1.82. The van der Waals surface area contributed by atoms with E-state index in [1.807, 2.05) is 6.92 Å². The molecule has 0 spiro atoms. The maximum Gasteiger partial charge on any atom is 0.330 e. The first-order chi connectivity index (χ1) is 10.0. The van der Waals surface area contributed by atoms with E-state index >= 15 is 0 Å². The SMILES string of the molecule is COc1ccc(C(Nc2ccccc2F)C(=O)O)cc1C. The molecule has 0 bridgehead atoms. The van der Waals surface area contributed by atoms with Crippen molar-refractivity contribution in [2.75, 3.05) is 12.4 Å². The number of hydrogen-bond acceptors (Lipinski definition) is 3. The van der Waals surface area contributed by atoms with E-state index in [1.165, 1.54) is 12.1 Å². The number of carboxylic acids is 1. The Morgan fingerprint density at radius 2 is 2.00 bits per heavy atom. The summed E-state index contributed by atoms with van der Waals surface area (Å²) in [7, 11) is 1.55. The third kappa shape index (κ3) is 3.31. The van der Waals surface area contributed by atoms with Gasteiger partial charge in [0.1, 0.15) is 11.6 Å². The zero-order valence-corrected chi connectivity index (χ0v) is 11.8. The monoisotopic (exact) mass is 289 g/mol. The number of aryl methyl sites for hydroxylation is 1. The number of halogens is 1. The summed E-state index contributed by atoms with van der Waals surface area (Å²) in [4.78, 5) is 11.5. The fraction of sp³-hybridized carbons (Fsp3) is 0.188. The van der Waals surface area contributed by atoms with Crippen LogP contribution in [-0.4, -0.2) is 18.2 Å². The van der Waals surface area contributed by atoms with Crippen LogP contribution in [0.1, 0.15) is 17.2 Å². The molecule has 0 amide bonds. The van der Waals surface area contributed by atoms with Crippen molar-refractivity contribution in [3.05, 3.63) is 59.4 Å². The minimum atomic E-state index is -1.08. The Bertz CT molecular complexity index is 658. The normalized spacial score (nSPS) is 11.8. The van der Waals surface area contributed by atoms with Crippen LogP contribution in [0.15, 0.2) is 42.5 Å². The molecular formula is C16H16FNO3. The molecule has 0 aliphatic heterocycles. The Kier molecular flexibility index (Phi) is 4.42. The van der Waals surface area contributed by atoms with Gasteiger partial charge in [-0.1, -0.05) is 18.2 Å². The van der Waals surface area contributed by atoms with E-state index in [9.17, 15) is 14.3 Å². The number of anilines is 1. The summed E-state index contributed by atoms with van der Waals surface area (Å²) in [5, 5.41) is 12.1. The maximum absolute atomic E-state index is 13.7. The number of rotatable bonds is 5. The molecule has 0 saturated carbocycles. The number of aliphatic carboxylic acids is 1. The molecule has 1 atom stereocenters. The molecule has 0 aliphatic rings. The maximum atomic E-state index is 13.7. The van der Waals surface area contributed by atoms with Gasteiger partial charge in [-0.25, -0.2) is 9.18 Å². The minimum Gasteiger partial charge on any atom is -0.496 e. The van der Waals surface area contributed by atoms with Crippen molar-refractivity contribution in [1.82, 2.24) is 0 Å². The third-order valence-electron chi connectivity index (χ3n) is 3.17. The smallest absolute Gasteiger partial charge is 0.330 e. The zero-order chi connectivity index (χ0) is 15.4. The fourth-order valence-corrected chi connectivity index (χ4v) is 2.10. The van der Waals surface area contributed by atoms with Gasteiger partial charge >= 0.3 is 5.97 Å². The second kappa shape index (κ2) is 6.26.